The summed E-state index contributed by atoms with van der Waals surface area (Å²) in [6.07, 6.45) is 0. The van der Waals surface area contributed by atoms with Gasteiger partial charge in [0.2, 0.25) is 0 Å². The van der Waals surface area contributed by atoms with E-state index in [1.54, 1.807) is 18.2 Å². The van der Waals surface area contributed by atoms with E-state index in [9.17, 15) is 4.39 Å². The molecule has 0 bridgehead atoms. The number of rotatable bonds is 5. The number of hydrogen-bond donors (Lipinski definition) is 1. The Bertz CT molecular complexity index is 601. The molecule has 0 aliphatic rings. The standard InChI is InChI=1S/C16H17ClFNO/c1-3-19-10-12-14(18)5-4-6-15(12)20-16-9-11(2)7-8-13(16)17/h4-9,19H,3,10H2,1-2H3. The fourth-order valence-electron chi connectivity index (χ4n) is 1.86. The van der Waals surface area contributed by atoms with Crippen LogP contribution in [0, 0.1) is 12.7 Å². The minimum Gasteiger partial charge on any atom is -0.455 e. The summed E-state index contributed by atoms with van der Waals surface area (Å²) in [4.78, 5) is 0. The Morgan fingerprint density at radius 2 is 2.00 bits per heavy atom. The summed E-state index contributed by atoms with van der Waals surface area (Å²) in [6, 6.07) is 10.3. The van der Waals surface area contributed by atoms with Crippen molar-refractivity contribution in [3.63, 3.8) is 0 Å². The molecule has 0 spiro atoms. The maximum atomic E-state index is 13.9. The van der Waals surface area contributed by atoms with Gasteiger partial charge in [-0.1, -0.05) is 30.7 Å². The molecule has 4 heteroatoms. The first-order chi connectivity index (χ1) is 9.61. The van der Waals surface area contributed by atoms with Gasteiger partial charge < -0.3 is 10.1 Å². The number of aryl methyl sites for hydroxylation is 1. The summed E-state index contributed by atoms with van der Waals surface area (Å²) in [5, 5.41) is 3.61. The molecule has 20 heavy (non-hydrogen) atoms. The second kappa shape index (κ2) is 6.73. The zero-order valence-corrected chi connectivity index (χ0v) is 12.3. The predicted octanol–water partition coefficient (Wildman–Crippen LogP) is 4.69. The Hall–Kier alpha value is -1.58. The summed E-state index contributed by atoms with van der Waals surface area (Å²) in [7, 11) is 0. The van der Waals surface area contributed by atoms with Crippen LogP contribution in [0.2, 0.25) is 5.02 Å². The van der Waals surface area contributed by atoms with Crippen LogP contribution in [-0.2, 0) is 6.54 Å². The molecule has 0 atom stereocenters. The Balaban J connectivity index is 2.33. The maximum Gasteiger partial charge on any atom is 0.146 e. The molecule has 2 aromatic carbocycles. The van der Waals surface area contributed by atoms with Crippen LogP contribution in [0.15, 0.2) is 36.4 Å². The van der Waals surface area contributed by atoms with Crippen molar-refractivity contribution in [2.45, 2.75) is 20.4 Å². The molecule has 0 radical (unpaired) electrons. The molecule has 1 N–H and O–H groups in total. The predicted molar refractivity (Wildman–Crippen MR) is 80.0 cm³/mol. The normalized spacial score (nSPS) is 10.6. The average molecular weight is 294 g/mol. The molecule has 2 nitrogen and oxygen atoms in total. The number of hydrogen-bond acceptors (Lipinski definition) is 2. The molecule has 0 aromatic heterocycles. The largest absolute Gasteiger partial charge is 0.455 e. The molecule has 106 valence electrons. The van der Waals surface area contributed by atoms with E-state index in [0.717, 1.165) is 12.1 Å². The van der Waals surface area contributed by atoms with Gasteiger partial charge in [-0.3, -0.25) is 0 Å². The smallest absolute Gasteiger partial charge is 0.146 e. The summed E-state index contributed by atoms with van der Waals surface area (Å²) >= 11 is 6.11. The lowest BCUT2D eigenvalue weighted by atomic mass is 10.1. The fraction of sp³-hybridized carbons (Fsp3) is 0.250. The molecule has 0 amide bonds. The van der Waals surface area contributed by atoms with Crippen LogP contribution in [0.4, 0.5) is 4.39 Å². The molecule has 0 fully saturated rings. The molecule has 0 unspecified atom stereocenters. The topological polar surface area (TPSA) is 21.3 Å². The van der Waals surface area contributed by atoms with Gasteiger partial charge in [0.25, 0.3) is 0 Å². The van der Waals surface area contributed by atoms with Gasteiger partial charge in [-0.05, 0) is 43.3 Å². The lowest BCUT2D eigenvalue weighted by Crippen LogP contribution is -2.13. The second-order valence-electron chi connectivity index (χ2n) is 4.53. The quantitative estimate of drug-likeness (QED) is 0.863. The molecule has 0 aliphatic carbocycles. The van der Waals surface area contributed by atoms with E-state index in [4.69, 9.17) is 16.3 Å². The first-order valence-corrected chi connectivity index (χ1v) is 6.91. The third-order valence-corrected chi connectivity index (χ3v) is 3.25. The summed E-state index contributed by atoms with van der Waals surface area (Å²) in [5.41, 5.74) is 1.54. The van der Waals surface area contributed by atoms with Crippen molar-refractivity contribution in [2.24, 2.45) is 0 Å². The van der Waals surface area contributed by atoms with Gasteiger partial charge in [0.15, 0.2) is 0 Å². The van der Waals surface area contributed by atoms with E-state index in [0.29, 0.717) is 28.6 Å². The average Bonchev–Trinajstić information content (AvgIpc) is 2.42. The van der Waals surface area contributed by atoms with E-state index in [2.05, 4.69) is 5.32 Å². The Morgan fingerprint density at radius 3 is 2.75 bits per heavy atom. The minimum atomic E-state index is -0.285. The Labute approximate surface area is 123 Å². The van der Waals surface area contributed by atoms with Crippen LogP contribution < -0.4 is 10.1 Å². The highest BCUT2D eigenvalue weighted by molar-refractivity contribution is 6.32. The monoisotopic (exact) mass is 293 g/mol. The summed E-state index contributed by atoms with van der Waals surface area (Å²) in [5.74, 6) is 0.737. The van der Waals surface area contributed by atoms with E-state index >= 15 is 0 Å². The van der Waals surface area contributed by atoms with Gasteiger partial charge in [0.05, 0.1) is 5.02 Å². The van der Waals surface area contributed by atoms with E-state index in [-0.39, 0.29) is 5.82 Å². The zero-order valence-electron chi connectivity index (χ0n) is 11.5. The molecule has 0 saturated carbocycles. The zero-order chi connectivity index (χ0) is 14.5. The van der Waals surface area contributed by atoms with Crippen LogP contribution in [0.1, 0.15) is 18.1 Å². The number of ether oxygens (including phenoxy) is 1. The maximum absolute atomic E-state index is 13.9. The molecule has 0 aliphatic heterocycles. The molecule has 2 rings (SSSR count). The summed E-state index contributed by atoms with van der Waals surface area (Å²) in [6.45, 7) is 5.11. The first kappa shape index (κ1) is 14.8. The van der Waals surface area contributed by atoms with Crippen molar-refractivity contribution in [3.05, 3.63) is 58.4 Å². The minimum absolute atomic E-state index is 0.285. The van der Waals surface area contributed by atoms with Crippen molar-refractivity contribution in [1.82, 2.24) is 5.32 Å². The number of nitrogens with one attached hydrogen (secondary N) is 1. The molecule has 0 heterocycles. The van der Waals surface area contributed by atoms with Crippen LogP contribution in [0.3, 0.4) is 0 Å². The molecular formula is C16H17ClFNO. The Morgan fingerprint density at radius 1 is 1.20 bits per heavy atom. The highest BCUT2D eigenvalue weighted by atomic mass is 35.5. The Kier molecular flexibility index (Phi) is 4.99. The van der Waals surface area contributed by atoms with Crippen molar-refractivity contribution in [2.75, 3.05) is 6.54 Å². The van der Waals surface area contributed by atoms with Gasteiger partial charge in [-0.25, -0.2) is 4.39 Å². The van der Waals surface area contributed by atoms with Crippen molar-refractivity contribution >= 4 is 11.6 Å². The lowest BCUT2D eigenvalue weighted by Gasteiger charge is -2.13. The highest BCUT2D eigenvalue weighted by Crippen LogP contribution is 2.32. The third kappa shape index (κ3) is 3.50. The van der Waals surface area contributed by atoms with Crippen LogP contribution >= 0.6 is 11.6 Å². The van der Waals surface area contributed by atoms with Gasteiger partial charge >= 0.3 is 0 Å². The summed E-state index contributed by atoms with van der Waals surface area (Å²) < 4.78 is 19.7. The van der Waals surface area contributed by atoms with Crippen LogP contribution in [0.25, 0.3) is 0 Å². The van der Waals surface area contributed by atoms with Gasteiger partial charge in [-0.15, -0.1) is 0 Å². The van der Waals surface area contributed by atoms with Crippen molar-refractivity contribution < 1.29 is 9.13 Å². The van der Waals surface area contributed by atoms with E-state index < -0.39 is 0 Å². The SMILES string of the molecule is CCNCc1c(F)cccc1Oc1cc(C)ccc1Cl. The van der Waals surface area contributed by atoms with E-state index in [1.165, 1.54) is 6.07 Å². The van der Waals surface area contributed by atoms with Crippen molar-refractivity contribution in [1.29, 1.82) is 0 Å². The fourth-order valence-corrected chi connectivity index (χ4v) is 2.02. The highest BCUT2D eigenvalue weighted by Gasteiger charge is 2.11. The lowest BCUT2D eigenvalue weighted by molar-refractivity contribution is 0.462. The van der Waals surface area contributed by atoms with Gasteiger partial charge in [0.1, 0.15) is 17.3 Å². The van der Waals surface area contributed by atoms with E-state index in [1.807, 2.05) is 26.0 Å². The molecular weight excluding hydrogens is 277 g/mol. The van der Waals surface area contributed by atoms with Gasteiger partial charge in [-0.2, -0.15) is 0 Å². The second-order valence-corrected chi connectivity index (χ2v) is 4.94. The van der Waals surface area contributed by atoms with Crippen LogP contribution in [0.5, 0.6) is 11.5 Å². The van der Waals surface area contributed by atoms with Crippen molar-refractivity contribution in [3.8, 4) is 11.5 Å². The molecule has 0 saturated heterocycles. The first-order valence-electron chi connectivity index (χ1n) is 6.54. The van der Waals surface area contributed by atoms with Crippen LogP contribution in [-0.4, -0.2) is 6.54 Å². The van der Waals surface area contributed by atoms with Gasteiger partial charge in [0, 0.05) is 12.1 Å². The third-order valence-electron chi connectivity index (χ3n) is 2.93. The number of benzene rings is 2. The molecule has 2 aromatic rings. The number of halogens is 2.